The SMILES string of the molecule is COc1ccc2c(=O)c(C(=O)N3CCC4(CC3)NC(=O)NC4=O)c[nH]c2c1. The zero-order valence-electron chi connectivity index (χ0n) is 14.6. The largest absolute Gasteiger partial charge is 0.497 e. The van der Waals surface area contributed by atoms with E-state index in [4.69, 9.17) is 4.74 Å². The average molecular weight is 370 g/mol. The van der Waals surface area contributed by atoms with Crippen molar-refractivity contribution in [3.8, 4) is 5.75 Å². The molecule has 0 saturated carbocycles. The molecule has 2 aliphatic rings. The van der Waals surface area contributed by atoms with E-state index >= 15 is 0 Å². The Kier molecular flexibility index (Phi) is 3.87. The summed E-state index contributed by atoms with van der Waals surface area (Å²) in [5.41, 5.74) is -0.689. The third-order valence-electron chi connectivity index (χ3n) is 5.24. The molecule has 0 aliphatic carbocycles. The van der Waals surface area contributed by atoms with Crippen molar-refractivity contribution in [1.29, 1.82) is 0 Å². The molecule has 3 N–H and O–H groups in total. The molecule has 3 heterocycles. The number of urea groups is 1. The van der Waals surface area contributed by atoms with Gasteiger partial charge in [0.05, 0.1) is 12.6 Å². The number of rotatable bonds is 2. The van der Waals surface area contributed by atoms with Crippen LogP contribution < -0.4 is 20.8 Å². The molecule has 1 spiro atoms. The Bertz CT molecular complexity index is 1020. The van der Waals surface area contributed by atoms with Crippen molar-refractivity contribution >= 4 is 28.7 Å². The van der Waals surface area contributed by atoms with Crippen LogP contribution in [0.3, 0.4) is 0 Å². The monoisotopic (exact) mass is 370 g/mol. The van der Waals surface area contributed by atoms with Gasteiger partial charge in [0.1, 0.15) is 16.9 Å². The van der Waals surface area contributed by atoms with Gasteiger partial charge in [-0.25, -0.2) is 4.79 Å². The number of benzene rings is 1. The lowest BCUT2D eigenvalue weighted by molar-refractivity contribution is -0.125. The van der Waals surface area contributed by atoms with Gasteiger partial charge in [-0.1, -0.05) is 0 Å². The lowest BCUT2D eigenvalue weighted by atomic mass is 9.87. The number of carbonyl (C=O) groups excluding carboxylic acids is 3. The zero-order chi connectivity index (χ0) is 19.2. The van der Waals surface area contributed by atoms with E-state index < -0.39 is 17.5 Å². The first-order chi connectivity index (χ1) is 12.9. The first-order valence-electron chi connectivity index (χ1n) is 8.56. The number of fused-ring (bicyclic) bond motifs is 1. The van der Waals surface area contributed by atoms with Gasteiger partial charge >= 0.3 is 6.03 Å². The van der Waals surface area contributed by atoms with Crippen molar-refractivity contribution in [2.45, 2.75) is 18.4 Å². The van der Waals surface area contributed by atoms with E-state index in [1.807, 2.05) is 0 Å². The summed E-state index contributed by atoms with van der Waals surface area (Å²) in [6, 6.07) is 4.46. The van der Waals surface area contributed by atoms with E-state index in [0.29, 0.717) is 29.5 Å². The minimum Gasteiger partial charge on any atom is -0.497 e. The molecule has 2 fully saturated rings. The Balaban J connectivity index is 1.57. The molecule has 0 bridgehead atoms. The summed E-state index contributed by atoms with van der Waals surface area (Å²) in [5, 5.41) is 5.28. The normalized spacial score (nSPS) is 18.5. The van der Waals surface area contributed by atoms with Gasteiger partial charge in [-0.05, 0) is 25.0 Å². The number of hydrogen-bond acceptors (Lipinski definition) is 5. The third-order valence-corrected chi connectivity index (χ3v) is 5.24. The maximum Gasteiger partial charge on any atom is 0.322 e. The van der Waals surface area contributed by atoms with E-state index in [1.54, 1.807) is 18.2 Å². The molecule has 2 saturated heterocycles. The molecule has 9 nitrogen and oxygen atoms in total. The van der Waals surface area contributed by atoms with Crippen molar-refractivity contribution < 1.29 is 19.1 Å². The van der Waals surface area contributed by atoms with Crippen LogP contribution in [0.1, 0.15) is 23.2 Å². The smallest absolute Gasteiger partial charge is 0.322 e. The number of H-pyrrole nitrogens is 1. The molecule has 4 rings (SSSR count). The van der Waals surface area contributed by atoms with Crippen molar-refractivity contribution in [1.82, 2.24) is 20.5 Å². The summed E-state index contributed by atoms with van der Waals surface area (Å²) in [5.74, 6) is -0.152. The topological polar surface area (TPSA) is 121 Å². The second-order valence-corrected chi connectivity index (χ2v) is 6.73. The number of likely N-dealkylation sites (tertiary alicyclic amines) is 1. The van der Waals surface area contributed by atoms with Crippen LogP contribution >= 0.6 is 0 Å². The van der Waals surface area contributed by atoms with Crippen LogP contribution in [0.4, 0.5) is 4.79 Å². The fraction of sp³-hybridized carbons (Fsp3) is 0.333. The molecule has 1 aromatic carbocycles. The third kappa shape index (κ3) is 2.71. The van der Waals surface area contributed by atoms with Gasteiger partial charge in [0.25, 0.3) is 11.8 Å². The first-order valence-corrected chi connectivity index (χ1v) is 8.56. The van der Waals surface area contributed by atoms with Gasteiger partial charge in [-0.2, -0.15) is 0 Å². The van der Waals surface area contributed by atoms with Crippen LogP contribution in [0.5, 0.6) is 5.75 Å². The summed E-state index contributed by atoms with van der Waals surface area (Å²) in [6.45, 7) is 0.541. The van der Waals surface area contributed by atoms with Crippen LogP contribution in [-0.2, 0) is 4.79 Å². The Labute approximate surface area is 153 Å². The van der Waals surface area contributed by atoms with E-state index in [9.17, 15) is 19.2 Å². The minimum atomic E-state index is -0.958. The highest BCUT2D eigenvalue weighted by atomic mass is 16.5. The fourth-order valence-corrected chi connectivity index (χ4v) is 3.63. The number of ether oxygens (including phenoxy) is 1. The summed E-state index contributed by atoms with van der Waals surface area (Å²) in [4.78, 5) is 53.5. The lowest BCUT2D eigenvalue weighted by Gasteiger charge is -2.36. The van der Waals surface area contributed by atoms with Crippen LogP contribution in [0.15, 0.2) is 29.2 Å². The maximum absolute atomic E-state index is 12.8. The maximum atomic E-state index is 12.8. The molecular weight excluding hydrogens is 352 g/mol. The highest BCUT2D eigenvalue weighted by Gasteiger charge is 2.48. The van der Waals surface area contributed by atoms with E-state index in [0.717, 1.165) is 0 Å². The summed E-state index contributed by atoms with van der Waals surface area (Å²) in [7, 11) is 1.54. The van der Waals surface area contributed by atoms with Gasteiger partial charge in [-0.3, -0.25) is 19.7 Å². The number of nitrogens with zero attached hydrogens (tertiary/aromatic N) is 1. The number of imide groups is 1. The predicted octanol–water partition coefficient (Wildman–Crippen LogP) is 0.351. The van der Waals surface area contributed by atoms with Crippen molar-refractivity contribution in [2.75, 3.05) is 20.2 Å². The highest BCUT2D eigenvalue weighted by Crippen LogP contribution is 2.26. The van der Waals surface area contributed by atoms with Gasteiger partial charge in [0.15, 0.2) is 0 Å². The lowest BCUT2D eigenvalue weighted by Crippen LogP contribution is -2.56. The number of aromatic nitrogens is 1. The van der Waals surface area contributed by atoms with Crippen molar-refractivity contribution in [3.63, 3.8) is 0 Å². The molecule has 0 radical (unpaired) electrons. The number of nitrogens with one attached hydrogen (secondary N) is 3. The second-order valence-electron chi connectivity index (χ2n) is 6.73. The summed E-state index contributed by atoms with van der Waals surface area (Å²) >= 11 is 0. The van der Waals surface area contributed by atoms with Gasteiger partial charge in [0, 0.05) is 30.7 Å². The average Bonchev–Trinajstić information content (AvgIpc) is 2.94. The molecule has 2 aromatic rings. The van der Waals surface area contributed by atoms with Crippen LogP contribution in [0.2, 0.25) is 0 Å². The highest BCUT2D eigenvalue weighted by molar-refractivity contribution is 6.07. The number of pyridine rings is 1. The zero-order valence-corrected chi connectivity index (χ0v) is 14.6. The van der Waals surface area contributed by atoms with Crippen LogP contribution in [0.25, 0.3) is 10.9 Å². The van der Waals surface area contributed by atoms with Crippen molar-refractivity contribution in [2.24, 2.45) is 0 Å². The van der Waals surface area contributed by atoms with E-state index in [-0.39, 0.29) is 30.0 Å². The minimum absolute atomic E-state index is 0.0449. The van der Waals surface area contributed by atoms with Gasteiger partial charge < -0.3 is 19.9 Å². The molecule has 2 aliphatic heterocycles. The number of hydrogen-bond donors (Lipinski definition) is 3. The Morgan fingerprint density at radius 2 is 1.93 bits per heavy atom. The number of piperidine rings is 1. The Hall–Kier alpha value is -3.36. The quantitative estimate of drug-likeness (QED) is 0.659. The summed E-state index contributed by atoms with van der Waals surface area (Å²) in [6.07, 6.45) is 2.01. The Morgan fingerprint density at radius 1 is 1.19 bits per heavy atom. The number of methoxy groups -OCH3 is 1. The van der Waals surface area contributed by atoms with Crippen molar-refractivity contribution in [3.05, 3.63) is 40.2 Å². The van der Waals surface area contributed by atoms with Crippen LogP contribution in [0, 0.1) is 0 Å². The molecule has 140 valence electrons. The number of amides is 4. The predicted molar refractivity (Wildman–Crippen MR) is 95.7 cm³/mol. The molecule has 9 heteroatoms. The molecule has 0 atom stereocenters. The fourth-order valence-electron chi connectivity index (χ4n) is 3.63. The molecular formula is C18H18N4O5. The number of carbonyl (C=O) groups is 3. The molecule has 4 amide bonds. The second kappa shape index (κ2) is 6.11. The Morgan fingerprint density at radius 3 is 2.56 bits per heavy atom. The van der Waals surface area contributed by atoms with Crippen LogP contribution in [-0.4, -0.2) is 53.5 Å². The molecule has 1 aromatic heterocycles. The molecule has 27 heavy (non-hydrogen) atoms. The molecule has 0 unspecified atom stereocenters. The number of aromatic amines is 1. The van der Waals surface area contributed by atoms with E-state index in [1.165, 1.54) is 18.2 Å². The van der Waals surface area contributed by atoms with Gasteiger partial charge in [-0.15, -0.1) is 0 Å². The van der Waals surface area contributed by atoms with Gasteiger partial charge in [0.2, 0.25) is 5.43 Å². The standard InChI is InChI=1S/C18H18N4O5/c1-27-10-2-3-11-13(8-10)19-9-12(14(11)23)15(24)22-6-4-18(5-7-22)16(25)20-17(26)21-18/h2-3,8-9H,4-7H2,1H3,(H,19,23)(H2,20,21,25,26). The van der Waals surface area contributed by atoms with E-state index in [2.05, 4.69) is 15.6 Å². The first kappa shape index (κ1) is 17.1. The summed E-state index contributed by atoms with van der Waals surface area (Å²) < 4.78 is 5.14.